The maximum atomic E-state index is 13.0. The molecule has 6 nitrogen and oxygen atoms in total. The molecule has 0 aliphatic carbocycles. The predicted molar refractivity (Wildman–Crippen MR) is 123 cm³/mol. The molecule has 1 amide bonds. The molecule has 6 heteroatoms. The van der Waals surface area contributed by atoms with Gasteiger partial charge in [0.2, 0.25) is 0 Å². The van der Waals surface area contributed by atoms with Gasteiger partial charge in [-0.3, -0.25) is 9.59 Å². The maximum Gasteiger partial charge on any atom is 0.295 e. The Kier molecular flexibility index (Phi) is 7.57. The number of Topliss-reactive ketones (excluding diaryl/α,β-unsaturated/α-hetero) is 1. The molecule has 170 valence electrons. The number of hydrogen-bond acceptors (Lipinski definition) is 5. The topological polar surface area (TPSA) is 87.1 Å². The summed E-state index contributed by atoms with van der Waals surface area (Å²) in [5, 5.41) is 21.2. The van der Waals surface area contributed by atoms with Gasteiger partial charge in [0.1, 0.15) is 17.3 Å². The summed E-state index contributed by atoms with van der Waals surface area (Å²) in [6.07, 6.45) is 2.65. The minimum atomic E-state index is -0.765. The molecule has 0 radical (unpaired) electrons. The molecule has 1 atom stereocenters. The van der Waals surface area contributed by atoms with E-state index in [0.29, 0.717) is 35.9 Å². The number of unbranched alkanes of at least 4 members (excludes halogenated alkanes) is 2. The van der Waals surface area contributed by atoms with Crippen molar-refractivity contribution in [2.75, 3.05) is 13.2 Å². The first-order valence-corrected chi connectivity index (χ1v) is 11.1. The number of ether oxygens (including phenoxy) is 1. The average Bonchev–Trinajstić information content (AvgIpc) is 3.02. The van der Waals surface area contributed by atoms with Crippen LogP contribution in [0.1, 0.15) is 57.2 Å². The van der Waals surface area contributed by atoms with E-state index in [4.69, 9.17) is 4.74 Å². The number of ketones is 1. The number of likely N-dealkylation sites (tertiary alicyclic amines) is 1. The number of hydrogen-bond donors (Lipinski definition) is 2. The van der Waals surface area contributed by atoms with Crippen molar-refractivity contribution in [1.82, 2.24) is 4.90 Å². The minimum absolute atomic E-state index is 0.0260. The van der Waals surface area contributed by atoms with E-state index in [1.54, 1.807) is 36.4 Å². The number of aromatic hydroxyl groups is 1. The molecule has 0 spiro atoms. The summed E-state index contributed by atoms with van der Waals surface area (Å²) in [6, 6.07) is 12.6. The third kappa shape index (κ3) is 5.13. The Bertz CT molecular complexity index is 1010. The van der Waals surface area contributed by atoms with Crippen molar-refractivity contribution in [3.8, 4) is 11.5 Å². The SMILES string of the molecule is CCCCCN1C(=O)C(=O)/C(=C(\O)c2cccc(OCC(C)C)c2)C1c1cccc(O)c1. The van der Waals surface area contributed by atoms with E-state index in [9.17, 15) is 19.8 Å². The van der Waals surface area contributed by atoms with Crippen LogP contribution in [0.15, 0.2) is 54.1 Å². The van der Waals surface area contributed by atoms with Crippen LogP contribution < -0.4 is 4.74 Å². The van der Waals surface area contributed by atoms with Crippen molar-refractivity contribution in [2.45, 2.75) is 46.1 Å². The van der Waals surface area contributed by atoms with Crippen LogP contribution in [0.2, 0.25) is 0 Å². The normalized spacial score (nSPS) is 17.9. The van der Waals surface area contributed by atoms with E-state index >= 15 is 0 Å². The van der Waals surface area contributed by atoms with E-state index in [1.807, 2.05) is 13.8 Å². The number of carbonyl (C=O) groups excluding carboxylic acids is 2. The van der Waals surface area contributed by atoms with Crippen LogP contribution in [-0.2, 0) is 9.59 Å². The molecular formula is C26H31NO5. The molecule has 2 aromatic carbocycles. The van der Waals surface area contributed by atoms with Crippen molar-refractivity contribution in [3.05, 3.63) is 65.2 Å². The molecule has 1 aliphatic heterocycles. The Morgan fingerprint density at radius 1 is 1.09 bits per heavy atom. The number of aliphatic hydroxyl groups excluding tert-OH is 1. The van der Waals surface area contributed by atoms with Gasteiger partial charge in [-0.25, -0.2) is 0 Å². The highest BCUT2D eigenvalue weighted by molar-refractivity contribution is 6.46. The summed E-state index contributed by atoms with van der Waals surface area (Å²) in [7, 11) is 0. The molecule has 32 heavy (non-hydrogen) atoms. The van der Waals surface area contributed by atoms with Gasteiger partial charge in [-0.15, -0.1) is 0 Å². The molecule has 2 aromatic rings. The largest absolute Gasteiger partial charge is 0.508 e. The van der Waals surface area contributed by atoms with E-state index in [2.05, 4.69) is 6.92 Å². The zero-order valence-corrected chi connectivity index (χ0v) is 18.9. The highest BCUT2D eigenvalue weighted by Gasteiger charge is 2.45. The van der Waals surface area contributed by atoms with Gasteiger partial charge in [-0.2, -0.15) is 0 Å². The number of aliphatic hydroxyl groups is 1. The lowest BCUT2D eigenvalue weighted by Gasteiger charge is -2.25. The number of benzene rings is 2. The molecule has 1 unspecified atom stereocenters. The summed E-state index contributed by atoms with van der Waals surface area (Å²) < 4.78 is 5.75. The van der Waals surface area contributed by atoms with Crippen LogP contribution in [0, 0.1) is 5.92 Å². The van der Waals surface area contributed by atoms with Crippen molar-refractivity contribution in [1.29, 1.82) is 0 Å². The number of phenolic OH excluding ortho intramolecular Hbond substituents is 1. The van der Waals surface area contributed by atoms with Crippen LogP contribution >= 0.6 is 0 Å². The lowest BCUT2D eigenvalue weighted by atomic mass is 9.95. The first kappa shape index (κ1) is 23.4. The van der Waals surface area contributed by atoms with Gasteiger partial charge in [0.15, 0.2) is 0 Å². The summed E-state index contributed by atoms with van der Waals surface area (Å²) in [5.41, 5.74) is 1.01. The zero-order chi connectivity index (χ0) is 23.3. The lowest BCUT2D eigenvalue weighted by Crippen LogP contribution is -2.30. The summed E-state index contributed by atoms with van der Waals surface area (Å²) in [4.78, 5) is 27.4. The molecule has 1 heterocycles. The molecule has 1 aliphatic rings. The third-order valence-corrected chi connectivity index (χ3v) is 5.42. The number of carbonyl (C=O) groups is 2. The van der Waals surface area contributed by atoms with Gasteiger partial charge in [-0.1, -0.05) is 57.9 Å². The predicted octanol–water partition coefficient (Wildman–Crippen LogP) is 5.04. The van der Waals surface area contributed by atoms with Crippen molar-refractivity contribution in [2.24, 2.45) is 5.92 Å². The fraction of sp³-hybridized carbons (Fsp3) is 0.385. The number of rotatable bonds is 9. The molecule has 3 rings (SSSR count). The molecule has 1 saturated heterocycles. The molecule has 0 saturated carbocycles. The Hall–Kier alpha value is -3.28. The zero-order valence-electron chi connectivity index (χ0n) is 18.9. The second-order valence-electron chi connectivity index (χ2n) is 8.53. The molecule has 0 bridgehead atoms. The second-order valence-corrected chi connectivity index (χ2v) is 8.53. The fourth-order valence-corrected chi connectivity index (χ4v) is 3.84. The smallest absolute Gasteiger partial charge is 0.295 e. The van der Waals surface area contributed by atoms with Crippen LogP contribution in [0.4, 0.5) is 0 Å². The number of nitrogens with zero attached hydrogens (tertiary/aromatic N) is 1. The van der Waals surface area contributed by atoms with Gasteiger partial charge >= 0.3 is 0 Å². The van der Waals surface area contributed by atoms with Crippen molar-refractivity contribution in [3.63, 3.8) is 0 Å². The summed E-state index contributed by atoms with van der Waals surface area (Å²) in [5.74, 6) is -0.653. The average molecular weight is 438 g/mol. The van der Waals surface area contributed by atoms with E-state index in [1.165, 1.54) is 17.0 Å². The van der Waals surface area contributed by atoms with Gasteiger partial charge < -0.3 is 19.8 Å². The van der Waals surface area contributed by atoms with Gasteiger partial charge in [0.25, 0.3) is 11.7 Å². The standard InChI is InChI=1S/C26H31NO5/c1-4-5-6-13-27-23(18-9-7-11-20(28)14-18)22(25(30)26(27)31)24(29)19-10-8-12-21(15-19)32-16-17(2)3/h7-12,14-15,17,23,28-29H,4-6,13,16H2,1-3H3/b24-22-. The quantitative estimate of drug-likeness (QED) is 0.248. The monoisotopic (exact) mass is 437 g/mol. The maximum absolute atomic E-state index is 13.0. The van der Waals surface area contributed by atoms with Crippen LogP contribution in [0.3, 0.4) is 0 Å². The van der Waals surface area contributed by atoms with Gasteiger partial charge in [0, 0.05) is 12.1 Å². The van der Waals surface area contributed by atoms with E-state index in [-0.39, 0.29) is 17.1 Å². The first-order valence-electron chi connectivity index (χ1n) is 11.1. The second kappa shape index (κ2) is 10.4. The summed E-state index contributed by atoms with van der Waals surface area (Å²) >= 11 is 0. The highest BCUT2D eigenvalue weighted by atomic mass is 16.5. The Morgan fingerprint density at radius 2 is 1.84 bits per heavy atom. The minimum Gasteiger partial charge on any atom is -0.508 e. The Morgan fingerprint density at radius 3 is 2.53 bits per heavy atom. The fourth-order valence-electron chi connectivity index (χ4n) is 3.84. The van der Waals surface area contributed by atoms with E-state index in [0.717, 1.165) is 19.3 Å². The number of phenols is 1. The number of amides is 1. The Labute approximate surface area is 189 Å². The van der Waals surface area contributed by atoms with Crippen molar-refractivity contribution < 1.29 is 24.5 Å². The molecule has 0 aromatic heterocycles. The van der Waals surface area contributed by atoms with Gasteiger partial charge in [-0.05, 0) is 42.2 Å². The van der Waals surface area contributed by atoms with Crippen LogP contribution in [-0.4, -0.2) is 40.0 Å². The first-order chi connectivity index (χ1) is 15.3. The van der Waals surface area contributed by atoms with Crippen molar-refractivity contribution >= 4 is 17.4 Å². The highest BCUT2D eigenvalue weighted by Crippen LogP contribution is 2.40. The van der Waals surface area contributed by atoms with Crippen LogP contribution in [0.25, 0.3) is 5.76 Å². The lowest BCUT2D eigenvalue weighted by molar-refractivity contribution is -0.139. The van der Waals surface area contributed by atoms with E-state index < -0.39 is 17.7 Å². The molecule has 1 fully saturated rings. The third-order valence-electron chi connectivity index (χ3n) is 5.42. The van der Waals surface area contributed by atoms with Gasteiger partial charge in [0.05, 0.1) is 18.2 Å². The molecular weight excluding hydrogens is 406 g/mol. The molecule has 2 N–H and O–H groups in total. The van der Waals surface area contributed by atoms with Crippen LogP contribution in [0.5, 0.6) is 11.5 Å². The summed E-state index contributed by atoms with van der Waals surface area (Å²) in [6.45, 7) is 7.07. The Balaban J connectivity index is 2.06.